The maximum Gasteiger partial charge on any atom is 0.323 e. The van der Waals surface area contributed by atoms with Gasteiger partial charge in [-0.05, 0) is 57.7 Å². The van der Waals surface area contributed by atoms with Crippen molar-refractivity contribution in [2.45, 2.75) is 11.8 Å². The van der Waals surface area contributed by atoms with Gasteiger partial charge in [-0.3, -0.25) is 9.59 Å². The number of hydrogen-bond acceptors (Lipinski definition) is 4. The number of hydrogen-bond donors (Lipinski definition) is 1. The van der Waals surface area contributed by atoms with Gasteiger partial charge in [0.1, 0.15) is 12.3 Å². The highest BCUT2D eigenvalue weighted by Crippen LogP contribution is 2.40. The van der Waals surface area contributed by atoms with Crippen LogP contribution in [0.15, 0.2) is 33.6 Å². The Balaban J connectivity index is 2.42. The van der Waals surface area contributed by atoms with E-state index in [0.717, 1.165) is 43.2 Å². The van der Waals surface area contributed by atoms with Gasteiger partial charge in [-0.2, -0.15) is 0 Å². The molecule has 0 radical (unpaired) electrons. The van der Waals surface area contributed by atoms with Crippen molar-refractivity contribution in [3.8, 4) is 5.75 Å². The molecule has 2 aromatic carbocycles. The SMILES string of the molecule is COc1c(C)cc2c(SC(=O)N(C)CC(=O)O)cccc2c1Br. The maximum absolute atomic E-state index is 12.2. The number of carboxylic acid groups (broad SMARTS) is 1. The quantitative estimate of drug-likeness (QED) is 0.784. The van der Waals surface area contributed by atoms with Crippen LogP contribution in [0.4, 0.5) is 4.79 Å². The van der Waals surface area contributed by atoms with Gasteiger partial charge in [-0.15, -0.1) is 0 Å². The van der Waals surface area contributed by atoms with E-state index in [1.165, 1.54) is 11.9 Å². The molecule has 1 N–H and O–H groups in total. The van der Waals surface area contributed by atoms with E-state index in [9.17, 15) is 9.59 Å². The second-order valence-electron chi connectivity index (χ2n) is 5.01. The number of benzene rings is 2. The largest absolute Gasteiger partial charge is 0.495 e. The van der Waals surface area contributed by atoms with Crippen LogP contribution in [-0.4, -0.2) is 41.9 Å². The highest BCUT2D eigenvalue weighted by molar-refractivity contribution is 9.10. The van der Waals surface area contributed by atoms with Gasteiger partial charge in [0.2, 0.25) is 0 Å². The predicted molar refractivity (Wildman–Crippen MR) is 94.5 cm³/mol. The fourth-order valence-corrected chi connectivity index (χ4v) is 3.90. The lowest BCUT2D eigenvalue weighted by Gasteiger charge is -2.16. The van der Waals surface area contributed by atoms with Crippen molar-refractivity contribution in [2.75, 3.05) is 20.7 Å². The minimum Gasteiger partial charge on any atom is -0.495 e. The highest BCUT2D eigenvalue weighted by Gasteiger charge is 2.17. The van der Waals surface area contributed by atoms with Crippen LogP contribution in [0.5, 0.6) is 5.75 Å². The molecule has 0 bridgehead atoms. The number of ether oxygens (including phenoxy) is 1. The second-order valence-corrected chi connectivity index (χ2v) is 6.80. The lowest BCUT2D eigenvalue weighted by atomic mass is 10.1. The van der Waals surface area contributed by atoms with E-state index in [-0.39, 0.29) is 11.8 Å². The van der Waals surface area contributed by atoms with Gasteiger partial charge in [0.15, 0.2) is 0 Å². The fraction of sp³-hybridized carbons (Fsp3) is 0.250. The van der Waals surface area contributed by atoms with E-state index in [1.807, 2.05) is 31.2 Å². The van der Waals surface area contributed by atoms with Crippen LogP contribution in [0.2, 0.25) is 0 Å². The summed E-state index contributed by atoms with van der Waals surface area (Å²) in [6, 6.07) is 7.61. The Morgan fingerprint density at radius 1 is 1.35 bits per heavy atom. The summed E-state index contributed by atoms with van der Waals surface area (Å²) in [5.41, 5.74) is 0.950. The van der Waals surface area contributed by atoms with E-state index < -0.39 is 5.97 Å². The minimum absolute atomic E-state index is 0.315. The number of amides is 1. The van der Waals surface area contributed by atoms with E-state index in [0.29, 0.717) is 0 Å². The number of carbonyl (C=O) groups is 2. The number of fused-ring (bicyclic) bond motifs is 1. The predicted octanol–water partition coefficient (Wildman–Crippen LogP) is 4.15. The summed E-state index contributed by atoms with van der Waals surface area (Å²) in [5.74, 6) is -0.281. The molecule has 2 aromatic rings. The zero-order valence-electron chi connectivity index (χ0n) is 12.9. The van der Waals surface area contributed by atoms with Crippen molar-refractivity contribution >= 4 is 49.7 Å². The van der Waals surface area contributed by atoms with E-state index >= 15 is 0 Å². The monoisotopic (exact) mass is 397 g/mol. The number of carbonyl (C=O) groups excluding carboxylic acids is 1. The molecule has 5 nitrogen and oxygen atoms in total. The number of aliphatic carboxylic acids is 1. The minimum atomic E-state index is -1.04. The molecule has 0 saturated heterocycles. The van der Waals surface area contributed by atoms with Crippen molar-refractivity contribution in [3.63, 3.8) is 0 Å². The molecule has 1 amide bonds. The van der Waals surface area contributed by atoms with Crippen LogP contribution in [0.1, 0.15) is 5.56 Å². The number of halogens is 1. The van der Waals surface area contributed by atoms with Crippen LogP contribution in [0, 0.1) is 6.92 Å². The Morgan fingerprint density at radius 3 is 2.65 bits per heavy atom. The smallest absolute Gasteiger partial charge is 0.323 e. The average Bonchev–Trinajstić information content (AvgIpc) is 2.47. The number of methoxy groups -OCH3 is 1. The summed E-state index contributed by atoms with van der Waals surface area (Å²) in [6.07, 6.45) is 0. The molecule has 23 heavy (non-hydrogen) atoms. The van der Waals surface area contributed by atoms with E-state index in [4.69, 9.17) is 9.84 Å². The maximum atomic E-state index is 12.2. The number of aryl methyl sites for hydroxylation is 1. The molecule has 0 saturated carbocycles. The third-order valence-electron chi connectivity index (χ3n) is 3.31. The second kappa shape index (κ2) is 7.23. The first-order valence-electron chi connectivity index (χ1n) is 6.75. The molecule has 0 spiro atoms. The lowest BCUT2D eigenvalue weighted by molar-refractivity contribution is -0.137. The zero-order valence-corrected chi connectivity index (χ0v) is 15.3. The van der Waals surface area contributed by atoms with Crippen LogP contribution < -0.4 is 4.74 Å². The fourth-order valence-electron chi connectivity index (χ4n) is 2.24. The Hall–Kier alpha value is -1.73. The number of likely N-dealkylation sites (N-methyl/N-ethyl adjacent to an activating group) is 1. The molecular weight excluding hydrogens is 382 g/mol. The molecular formula is C16H16BrNO4S. The van der Waals surface area contributed by atoms with Crippen molar-refractivity contribution in [2.24, 2.45) is 0 Å². The first kappa shape index (κ1) is 17.6. The van der Waals surface area contributed by atoms with Crippen molar-refractivity contribution in [1.82, 2.24) is 4.90 Å². The molecule has 0 unspecified atom stereocenters. The first-order valence-corrected chi connectivity index (χ1v) is 8.36. The van der Waals surface area contributed by atoms with Gasteiger partial charge in [-0.25, -0.2) is 0 Å². The molecule has 7 heteroatoms. The summed E-state index contributed by atoms with van der Waals surface area (Å²) < 4.78 is 6.23. The van der Waals surface area contributed by atoms with Crippen LogP contribution in [0.3, 0.4) is 0 Å². The van der Waals surface area contributed by atoms with Gasteiger partial charge in [0.05, 0.1) is 11.6 Å². The van der Waals surface area contributed by atoms with Gasteiger partial charge < -0.3 is 14.7 Å². The normalized spacial score (nSPS) is 10.6. The van der Waals surface area contributed by atoms with Crippen molar-refractivity contribution in [3.05, 3.63) is 34.3 Å². The Labute approximate surface area is 146 Å². The Bertz CT molecular complexity index is 778. The van der Waals surface area contributed by atoms with Gasteiger partial charge in [0, 0.05) is 17.3 Å². The van der Waals surface area contributed by atoms with Gasteiger partial charge >= 0.3 is 5.97 Å². The number of rotatable bonds is 4. The molecule has 0 aliphatic rings. The molecule has 0 heterocycles. The zero-order chi connectivity index (χ0) is 17.1. The third kappa shape index (κ3) is 3.79. The third-order valence-corrected chi connectivity index (χ3v) is 5.16. The summed E-state index contributed by atoms with van der Waals surface area (Å²) in [7, 11) is 3.08. The van der Waals surface area contributed by atoms with Gasteiger partial charge in [0.25, 0.3) is 5.24 Å². The summed E-state index contributed by atoms with van der Waals surface area (Å²) in [5, 5.41) is 10.3. The number of thioether (sulfide) groups is 1. The Morgan fingerprint density at radius 2 is 2.04 bits per heavy atom. The molecule has 0 aliphatic carbocycles. The average molecular weight is 398 g/mol. The topological polar surface area (TPSA) is 66.8 Å². The Kier molecular flexibility index (Phi) is 5.54. The molecule has 0 atom stereocenters. The van der Waals surface area contributed by atoms with E-state index in [1.54, 1.807) is 7.11 Å². The highest BCUT2D eigenvalue weighted by atomic mass is 79.9. The summed E-state index contributed by atoms with van der Waals surface area (Å²) in [4.78, 5) is 24.8. The van der Waals surface area contributed by atoms with Gasteiger partial charge in [-0.1, -0.05) is 12.1 Å². The standard InChI is InChI=1S/C16H16BrNO4S/c1-9-7-11-10(14(17)15(9)22-3)5-4-6-12(11)23-16(21)18(2)8-13(19)20/h4-7H,8H2,1-3H3,(H,19,20). The molecule has 122 valence electrons. The first-order chi connectivity index (χ1) is 10.8. The van der Waals surface area contributed by atoms with Crippen LogP contribution in [0.25, 0.3) is 10.8 Å². The van der Waals surface area contributed by atoms with Crippen molar-refractivity contribution < 1.29 is 19.4 Å². The molecule has 0 aliphatic heterocycles. The summed E-state index contributed by atoms with van der Waals surface area (Å²) in [6.45, 7) is 1.61. The van der Waals surface area contributed by atoms with Crippen LogP contribution in [-0.2, 0) is 4.79 Å². The molecule has 0 aromatic heterocycles. The van der Waals surface area contributed by atoms with E-state index in [2.05, 4.69) is 15.9 Å². The summed E-state index contributed by atoms with van der Waals surface area (Å²) >= 11 is 4.56. The number of carboxylic acids is 1. The molecule has 2 rings (SSSR count). The number of nitrogens with zero attached hydrogens (tertiary/aromatic N) is 1. The molecule has 0 fully saturated rings. The lowest BCUT2D eigenvalue weighted by Crippen LogP contribution is -2.28. The van der Waals surface area contributed by atoms with Crippen molar-refractivity contribution in [1.29, 1.82) is 0 Å². The van der Waals surface area contributed by atoms with Crippen LogP contribution >= 0.6 is 27.7 Å².